The van der Waals surface area contributed by atoms with E-state index in [0.717, 1.165) is 24.6 Å². The van der Waals surface area contributed by atoms with Crippen molar-refractivity contribution in [2.75, 3.05) is 36.5 Å². The Bertz CT molecular complexity index is 291. The zero-order valence-corrected chi connectivity index (χ0v) is 9.40. The molecule has 15 heavy (non-hydrogen) atoms. The van der Waals surface area contributed by atoms with Gasteiger partial charge in [-0.3, -0.25) is 0 Å². The Morgan fingerprint density at radius 3 is 2.87 bits per heavy atom. The van der Waals surface area contributed by atoms with Gasteiger partial charge >= 0.3 is 0 Å². The average molecular weight is 209 g/mol. The van der Waals surface area contributed by atoms with Crippen LogP contribution < -0.4 is 10.2 Å². The van der Waals surface area contributed by atoms with E-state index in [1.165, 1.54) is 0 Å². The molecule has 84 valence electrons. The average Bonchev–Trinajstić information content (AvgIpc) is 2.27. The molecule has 1 heterocycles. The molecule has 0 aliphatic heterocycles. The van der Waals surface area contributed by atoms with Crippen LogP contribution in [-0.2, 0) is 0 Å². The maximum Gasteiger partial charge on any atom is 0.152 e. The molecule has 0 amide bonds. The van der Waals surface area contributed by atoms with Crippen molar-refractivity contribution < 1.29 is 5.11 Å². The molecule has 0 unspecified atom stereocenters. The van der Waals surface area contributed by atoms with Crippen LogP contribution >= 0.6 is 0 Å². The first-order chi connectivity index (χ1) is 7.33. The summed E-state index contributed by atoms with van der Waals surface area (Å²) in [5.41, 5.74) is 1.02. The molecule has 0 saturated heterocycles. The van der Waals surface area contributed by atoms with E-state index in [1.54, 1.807) is 6.20 Å². The van der Waals surface area contributed by atoms with Crippen LogP contribution in [0.2, 0.25) is 0 Å². The molecule has 0 aromatic carbocycles. The molecule has 0 fully saturated rings. The molecule has 0 spiro atoms. The van der Waals surface area contributed by atoms with Gasteiger partial charge in [-0.05, 0) is 26.0 Å². The lowest BCUT2D eigenvalue weighted by atomic mass is 10.3. The van der Waals surface area contributed by atoms with Gasteiger partial charge in [0.15, 0.2) is 5.82 Å². The maximum absolute atomic E-state index is 8.96. The van der Waals surface area contributed by atoms with Gasteiger partial charge in [0.2, 0.25) is 0 Å². The fourth-order valence-electron chi connectivity index (χ4n) is 1.51. The molecule has 1 rings (SSSR count). The summed E-state index contributed by atoms with van der Waals surface area (Å²) in [5, 5.41) is 12.2. The van der Waals surface area contributed by atoms with Crippen molar-refractivity contribution in [3.63, 3.8) is 0 Å². The topological polar surface area (TPSA) is 48.4 Å². The fraction of sp³-hybridized carbons (Fsp3) is 0.545. The Labute approximate surface area is 90.9 Å². The van der Waals surface area contributed by atoms with Crippen LogP contribution in [0.3, 0.4) is 0 Å². The van der Waals surface area contributed by atoms with Crippen molar-refractivity contribution in [1.29, 1.82) is 0 Å². The second kappa shape index (κ2) is 6.24. The molecular formula is C11H19N3O. The van der Waals surface area contributed by atoms with Gasteiger partial charge < -0.3 is 15.3 Å². The molecule has 0 atom stereocenters. The zero-order chi connectivity index (χ0) is 11.1. The quantitative estimate of drug-likeness (QED) is 0.742. The van der Waals surface area contributed by atoms with Gasteiger partial charge in [0.25, 0.3) is 0 Å². The molecular weight excluding hydrogens is 190 g/mol. The minimum Gasteiger partial charge on any atom is -0.395 e. The Balaban J connectivity index is 2.88. The molecule has 0 bridgehead atoms. The van der Waals surface area contributed by atoms with Crippen molar-refractivity contribution in [3.05, 3.63) is 18.3 Å². The summed E-state index contributed by atoms with van der Waals surface area (Å²) in [6.45, 7) is 6.59. The number of hydrogen-bond donors (Lipinski definition) is 2. The number of anilines is 2. The monoisotopic (exact) mass is 209 g/mol. The van der Waals surface area contributed by atoms with Gasteiger partial charge in [0.05, 0.1) is 12.3 Å². The van der Waals surface area contributed by atoms with E-state index in [1.807, 2.05) is 12.1 Å². The Morgan fingerprint density at radius 1 is 1.47 bits per heavy atom. The lowest BCUT2D eigenvalue weighted by molar-refractivity contribution is 0.302. The molecule has 0 aliphatic rings. The van der Waals surface area contributed by atoms with Gasteiger partial charge in [-0.1, -0.05) is 0 Å². The van der Waals surface area contributed by atoms with Crippen LogP contribution in [0.25, 0.3) is 0 Å². The number of aliphatic hydroxyl groups is 1. The smallest absolute Gasteiger partial charge is 0.152 e. The first kappa shape index (κ1) is 11.8. The number of rotatable bonds is 6. The summed E-state index contributed by atoms with van der Waals surface area (Å²) < 4.78 is 0. The fourth-order valence-corrected chi connectivity index (χ4v) is 1.51. The number of likely N-dealkylation sites (N-methyl/N-ethyl adjacent to an activating group) is 1. The van der Waals surface area contributed by atoms with Crippen LogP contribution in [0.15, 0.2) is 18.3 Å². The SMILES string of the molecule is CCNc1cccnc1N(CC)CCO. The minimum absolute atomic E-state index is 0.149. The number of aromatic nitrogens is 1. The van der Waals surface area contributed by atoms with Crippen LogP contribution in [0, 0.1) is 0 Å². The molecule has 1 aromatic rings. The van der Waals surface area contributed by atoms with Crippen LogP contribution in [-0.4, -0.2) is 36.3 Å². The van der Waals surface area contributed by atoms with Crippen molar-refractivity contribution in [2.45, 2.75) is 13.8 Å². The normalized spacial score (nSPS) is 10.1. The first-order valence-electron chi connectivity index (χ1n) is 5.38. The summed E-state index contributed by atoms with van der Waals surface area (Å²) in [6, 6.07) is 3.92. The number of nitrogens with zero attached hydrogens (tertiary/aromatic N) is 2. The summed E-state index contributed by atoms with van der Waals surface area (Å²) in [4.78, 5) is 6.39. The molecule has 1 aromatic heterocycles. The van der Waals surface area contributed by atoms with E-state index in [0.29, 0.717) is 6.54 Å². The van der Waals surface area contributed by atoms with E-state index >= 15 is 0 Å². The molecule has 0 aliphatic carbocycles. The third-order valence-electron chi connectivity index (χ3n) is 2.21. The molecule has 4 heteroatoms. The Kier molecular flexibility index (Phi) is 4.90. The van der Waals surface area contributed by atoms with E-state index < -0.39 is 0 Å². The summed E-state index contributed by atoms with van der Waals surface area (Å²) in [5.74, 6) is 0.913. The van der Waals surface area contributed by atoms with Gasteiger partial charge in [-0.25, -0.2) is 4.98 Å². The zero-order valence-electron chi connectivity index (χ0n) is 9.40. The van der Waals surface area contributed by atoms with Gasteiger partial charge in [0, 0.05) is 25.8 Å². The highest BCUT2D eigenvalue weighted by Crippen LogP contribution is 2.21. The maximum atomic E-state index is 8.96. The lowest BCUT2D eigenvalue weighted by Gasteiger charge is -2.23. The van der Waals surface area contributed by atoms with E-state index in [2.05, 4.69) is 29.0 Å². The van der Waals surface area contributed by atoms with Gasteiger partial charge in [-0.15, -0.1) is 0 Å². The number of aliphatic hydroxyl groups excluding tert-OH is 1. The lowest BCUT2D eigenvalue weighted by Crippen LogP contribution is -2.28. The second-order valence-corrected chi connectivity index (χ2v) is 3.21. The van der Waals surface area contributed by atoms with Crippen molar-refractivity contribution >= 4 is 11.5 Å². The van der Waals surface area contributed by atoms with Crippen LogP contribution in [0.4, 0.5) is 11.5 Å². The largest absolute Gasteiger partial charge is 0.395 e. The first-order valence-corrected chi connectivity index (χ1v) is 5.38. The number of pyridine rings is 1. The third-order valence-corrected chi connectivity index (χ3v) is 2.21. The summed E-state index contributed by atoms with van der Waals surface area (Å²) in [6.07, 6.45) is 1.77. The second-order valence-electron chi connectivity index (χ2n) is 3.21. The van der Waals surface area contributed by atoms with Crippen LogP contribution in [0.1, 0.15) is 13.8 Å². The highest BCUT2D eigenvalue weighted by Gasteiger charge is 2.09. The van der Waals surface area contributed by atoms with Crippen LogP contribution in [0.5, 0.6) is 0 Å². The molecule has 2 N–H and O–H groups in total. The van der Waals surface area contributed by atoms with E-state index in [9.17, 15) is 0 Å². The highest BCUT2D eigenvalue weighted by atomic mass is 16.3. The number of hydrogen-bond acceptors (Lipinski definition) is 4. The van der Waals surface area contributed by atoms with Crippen molar-refractivity contribution in [2.24, 2.45) is 0 Å². The summed E-state index contributed by atoms with van der Waals surface area (Å²) in [7, 11) is 0. The highest BCUT2D eigenvalue weighted by molar-refractivity contribution is 5.65. The minimum atomic E-state index is 0.149. The Morgan fingerprint density at radius 2 is 2.27 bits per heavy atom. The predicted molar refractivity (Wildman–Crippen MR) is 63.4 cm³/mol. The predicted octanol–water partition coefficient (Wildman–Crippen LogP) is 1.33. The Hall–Kier alpha value is -1.29. The van der Waals surface area contributed by atoms with Gasteiger partial charge in [-0.2, -0.15) is 0 Å². The third kappa shape index (κ3) is 3.09. The van der Waals surface area contributed by atoms with E-state index in [-0.39, 0.29) is 6.61 Å². The molecule has 0 radical (unpaired) electrons. The molecule has 0 saturated carbocycles. The van der Waals surface area contributed by atoms with Crippen molar-refractivity contribution in [1.82, 2.24) is 4.98 Å². The summed E-state index contributed by atoms with van der Waals surface area (Å²) >= 11 is 0. The number of nitrogens with one attached hydrogen (secondary N) is 1. The van der Waals surface area contributed by atoms with E-state index in [4.69, 9.17) is 5.11 Å². The standard InChI is InChI=1S/C11H19N3O/c1-3-12-10-6-5-7-13-11(10)14(4-2)8-9-15/h5-7,12,15H,3-4,8-9H2,1-2H3. The molecule has 4 nitrogen and oxygen atoms in total. The van der Waals surface area contributed by atoms with Gasteiger partial charge in [0.1, 0.15) is 0 Å². The van der Waals surface area contributed by atoms with Crippen molar-refractivity contribution in [3.8, 4) is 0 Å².